The quantitative estimate of drug-likeness (QED) is 0.637. The summed E-state index contributed by atoms with van der Waals surface area (Å²) in [6.07, 6.45) is 9.41. The first-order chi connectivity index (χ1) is 14.7. The number of fused-ring (bicyclic) bond motifs is 1. The van der Waals surface area contributed by atoms with Crippen molar-refractivity contribution >= 4 is 16.8 Å². The van der Waals surface area contributed by atoms with Gasteiger partial charge in [0, 0.05) is 49.0 Å². The van der Waals surface area contributed by atoms with E-state index in [-0.39, 0.29) is 17.4 Å². The summed E-state index contributed by atoms with van der Waals surface area (Å²) in [5.41, 5.74) is 3.38. The topological polar surface area (TPSA) is 55.3 Å². The summed E-state index contributed by atoms with van der Waals surface area (Å²) in [5.74, 6) is 0.0968. The largest absolute Gasteiger partial charge is 0.381 e. The van der Waals surface area contributed by atoms with E-state index in [2.05, 4.69) is 9.88 Å². The molecule has 0 N–H and O–H groups in total. The van der Waals surface area contributed by atoms with Crippen LogP contribution in [0.1, 0.15) is 42.5 Å². The van der Waals surface area contributed by atoms with Gasteiger partial charge in [0.25, 0.3) is 5.91 Å². The van der Waals surface area contributed by atoms with E-state index >= 15 is 0 Å². The third-order valence-electron chi connectivity index (χ3n) is 6.91. The predicted molar refractivity (Wildman–Crippen MR) is 117 cm³/mol. The maximum Gasteiger partial charge on any atom is 0.254 e. The van der Waals surface area contributed by atoms with E-state index in [1.54, 1.807) is 12.4 Å². The van der Waals surface area contributed by atoms with Gasteiger partial charge in [-0.15, -0.1) is 0 Å². The molecule has 0 unspecified atom stereocenters. The zero-order valence-electron chi connectivity index (χ0n) is 17.4. The van der Waals surface area contributed by atoms with Crippen molar-refractivity contribution in [3.63, 3.8) is 0 Å². The lowest BCUT2D eigenvalue weighted by Crippen LogP contribution is -2.49. The molecular formula is C25H27N3O2. The maximum absolute atomic E-state index is 13.8. The highest BCUT2D eigenvalue weighted by Crippen LogP contribution is 2.46. The number of hydrogen-bond donors (Lipinski definition) is 0. The summed E-state index contributed by atoms with van der Waals surface area (Å²) in [6.45, 7) is 1.58. The number of carbonyl (C=O) groups excluding carboxylic acids is 1. The lowest BCUT2D eigenvalue weighted by atomic mass is 9.76. The number of methoxy groups -OCH3 is 1. The first-order valence-corrected chi connectivity index (χ1v) is 10.8. The number of piperidine rings is 1. The van der Waals surface area contributed by atoms with Crippen molar-refractivity contribution < 1.29 is 9.53 Å². The Morgan fingerprint density at radius 3 is 2.87 bits per heavy atom. The molecule has 0 bridgehead atoms. The summed E-state index contributed by atoms with van der Waals surface area (Å²) >= 11 is 0. The highest BCUT2D eigenvalue weighted by molar-refractivity contribution is 6.07. The Morgan fingerprint density at radius 1 is 1.17 bits per heavy atom. The van der Waals surface area contributed by atoms with Gasteiger partial charge in [0.05, 0.1) is 22.9 Å². The number of benzene rings is 1. The van der Waals surface area contributed by atoms with E-state index in [4.69, 9.17) is 9.72 Å². The molecular weight excluding hydrogens is 374 g/mol. The van der Waals surface area contributed by atoms with Crippen LogP contribution < -0.4 is 0 Å². The van der Waals surface area contributed by atoms with Gasteiger partial charge in [0.2, 0.25) is 0 Å². The normalized spacial score (nSPS) is 23.9. The van der Waals surface area contributed by atoms with Gasteiger partial charge in [-0.2, -0.15) is 0 Å². The number of aromatic nitrogens is 2. The van der Waals surface area contributed by atoms with Crippen molar-refractivity contribution in [2.45, 2.75) is 38.2 Å². The lowest BCUT2D eigenvalue weighted by molar-refractivity contribution is -0.0295. The van der Waals surface area contributed by atoms with Crippen LogP contribution >= 0.6 is 0 Å². The molecule has 2 aliphatic rings. The van der Waals surface area contributed by atoms with Crippen LogP contribution in [0.25, 0.3) is 22.2 Å². The minimum atomic E-state index is 0.0968. The van der Waals surface area contributed by atoms with E-state index in [0.717, 1.165) is 66.5 Å². The Hall–Kier alpha value is -2.79. The number of carbonyl (C=O) groups is 1. The maximum atomic E-state index is 13.8. The Balaban J connectivity index is 1.54. The van der Waals surface area contributed by atoms with Crippen molar-refractivity contribution in [3.05, 3.63) is 60.4 Å². The zero-order valence-corrected chi connectivity index (χ0v) is 17.4. The monoisotopic (exact) mass is 401 g/mol. The minimum absolute atomic E-state index is 0.0968. The van der Waals surface area contributed by atoms with Gasteiger partial charge in [-0.1, -0.05) is 24.6 Å². The molecule has 0 radical (unpaired) electrons. The second-order valence-electron chi connectivity index (χ2n) is 8.62. The number of para-hydroxylation sites is 1. The van der Waals surface area contributed by atoms with Crippen LogP contribution in [0.4, 0.5) is 0 Å². The van der Waals surface area contributed by atoms with Crippen LogP contribution in [0.15, 0.2) is 54.9 Å². The van der Waals surface area contributed by atoms with Gasteiger partial charge >= 0.3 is 0 Å². The Morgan fingerprint density at radius 2 is 2.03 bits per heavy atom. The van der Waals surface area contributed by atoms with Crippen molar-refractivity contribution in [3.8, 4) is 11.3 Å². The molecule has 2 atom stereocenters. The number of amides is 1. The average molecular weight is 402 g/mol. The number of hydrogen-bond acceptors (Lipinski definition) is 4. The van der Waals surface area contributed by atoms with E-state index in [1.165, 1.54) is 6.42 Å². The number of ether oxygens (including phenoxy) is 1. The summed E-state index contributed by atoms with van der Waals surface area (Å²) < 4.78 is 5.83. The van der Waals surface area contributed by atoms with Gasteiger partial charge in [0.15, 0.2) is 0 Å². The first kappa shape index (κ1) is 19.2. The second kappa shape index (κ2) is 7.80. The van der Waals surface area contributed by atoms with E-state index in [9.17, 15) is 4.79 Å². The lowest BCUT2D eigenvalue weighted by Gasteiger charge is -2.43. The third kappa shape index (κ3) is 3.27. The molecule has 3 aromatic rings. The van der Waals surface area contributed by atoms with Crippen LogP contribution in [0, 0.1) is 5.41 Å². The molecule has 1 aromatic carbocycles. The highest BCUT2D eigenvalue weighted by Gasteiger charge is 2.46. The summed E-state index contributed by atoms with van der Waals surface area (Å²) in [5, 5.41) is 0.907. The van der Waals surface area contributed by atoms with Gasteiger partial charge in [-0.3, -0.25) is 9.78 Å². The molecule has 2 fully saturated rings. The number of rotatable bonds is 3. The molecule has 5 heteroatoms. The SMILES string of the molecule is CO[C@@H]1CCC[C@]12CCCN(C(=O)c1cc(-c3cccnc3)nc3ccccc13)C2. The van der Waals surface area contributed by atoms with Crippen LogP contribution in [0.3, 0.4) is 0 Å². The standard InChI is InChI=1S/C25H27N3O2/c1-30-23-10-4-11-25(23)12-6-14-28(17-25)24(29)20-15-22(18-7-5-13-26-16-18)27-21-9-3-2-8-19(20)21/h2-3,5,7-9,13,15-16,23H,4,6,10-12,14,17H2,1H3/t23-,25-/m1/s1. The Kier molecular flexibility index (Phi) is 4.99. The molecule has 30 heavy (non-hydrogen) atoms. The zero-order chi connectivity index (χ0) is 20.6. The second-order valence-corrected chi connectivity index (χ2v) is 8.62. The smallest absolute Gasteiger partial charge is 0.254 e. The molecule has 2 aromatic heterocycles. The van der Waals surface area contributed by atoms with Crippen molar-refractivity contribution in [2.75, 3.05) is 20.2 Å². The Bertz CT molecular complexity index is 1070. The van der Waals surface area contributed by atoms with E-state index in [1.807, 2.05) is 49.6 Å². The molecule has 1 spiro atoms. The predicted octanol–water partition coefficient (Wildman–Crippen LogP) is 4.72. The third-order valence-corrected chi connectivity index (χ3v) is 6.91. The van der Waals surface area contributed by atoms with Gasteiger partial charge in [-0.25, -0.2) is 4.98 Å². The summed E-state index contributed by atoms with van der Waals surface area (Å²) in [7, 11) is 1.81. The first-order valence-electron chi connectivity index (χ1n) is 10.8. The van der Waals surface area contributed by atoms with Crippen LogP contribution in [0.2, 0.25) is 0 Å². The molecule has 3 heterocycles. The van der Waals surface area contributed by atoms with E-state index in [0.29, 0.717) is 0 Å². The molecule has 5 rings (SSSR count). The fourth-order valence-electron chi connectivity index (χ4n) is 5.46. The van der Waals surface area contributed by atoms with Crippen molar-refractivity contribution in [2.24, 2.45) is 5.41 Å². The molecule has 1 aliphatic heterocycles. The molecule has 1 saturated carbocycles. The van der Waals surface area contributed by atoms with Gasteiger partial charge < -0.3 is 9.64 Å². The molecule has 1 amide bonds. The molecule has 1 aliphatic carbocycles. The van der Waals surface area contributed by atoms with Gasteiger partial charge in [-0.05, 0) is 49.9 Å². The van der Waals surface area contributed by atoms with Crippen molar-refractivity contribution in [1.82, 2.24) is 14.9 Å². The molecule has 5 nitrogen and oxygen atoms in total. The average Bonchev–Trinajstić information content (AvgIpc) is 3.19. The number of nitrogens with zero attached hydrogens (tertiary/aromatic N) is 3. The van der Waals surface area contributed by atoms with Crippen LogP contribution in [0.5, 0.6) is 0 Å². The summed E-state index contributed by atoms with van der Waals surface area (Å²) in [6, 6.07) is 13.7. The number of pyridine rings is 2. The fraction of sp³-hybridized carbons (Fsp3) is 0.400. The Labute approximate surface area is 177 Å². The molecule has 154 valence electrons. The minimum Gasteiger partial charge on any atom is -0.381 e. The van der Waals surface area contributed by atoms with Gasteiger partial charge in [0.1, 0.15) is 0 Å². The van der Waals surface area contributed by atoms with E-state index < -0.39 is 0 Å². The van der Waals surface area contributed by atoms with Crippen LogP contribution in [-0.4, -0.2) is 47.1 Å². The van der Waals surface area contributed by atoms with Crippen LogP contribution in [-0.2, 0) is 4.74 Å². The molecule has 1 saturated heterocycles. The fourth-order valence-corrected chi connectivity index (χ4v) is 5.46. The van der Waals surface area contributed by atoms with Crippen molar-refractivity contribution in [1.29, 1.82) is 0 Å². The highest BCUT2D eigenvalue weighted by atomic mass is 16.5. The number of likely N-dealkylation sites (tertiary alicyclic amines) is 1. The summed E-state index contributed by atoms with van der Waals surface area (Å²) in [4.78, 5) is 24.8.